The molecule has 0 aromatic carbocycles. The summed E-state index contributed by atoms with van der Waals surface area (Å²) in [6, 6.07) is 0.655. The van der Waals surface area contributed by atoms with Crippen LogP contribution in [-0.2, 0) is 0 Å². The molecule has 2 nitrogen and oxygen atoms in total. The summed E-state index contributed by atoms with van der Waals surface area (Å²) in [5.74, 6) is 0. The third-order valence-corrected chi connectivity index (χ3v) is 4.32. The Morgan fingerprint density at radius 2 is 2.00 bits per heavy atom. The highest BCUT2D eigenvalue weighted by molar-refractivity contribution is 5.00. The number of hydrogen-bond donors (Lipinski definition) is 1. The van der Waals surface area contributed by atoms with Crippen LogP contribution >= 0.6 is 0 Å². The molecule has 2 atom stereocenters. The molecule has 0 amide bonds. The smallest absolute Gasteiger partial charge is 0.0359 e. The molecule has 0 aromatic heterocycles. The fourth-order valence-electron chi connectivity index (χ4n) is 3.48. The van der Waals surface area contributed by atoms with E-state index in [4.69, 9.17) is 0 Å². The maximum atomic E-state index is 3.54. The Bertz CT molecular complexity index is 168. The van der Waals surface area contributed by atoms with Gasteiger partial charge < -0.3 is 5.32 Å². The van der Waals surface area contributed by atoms with Gasteiger partial charge in [-0.2, -0.15) is 0 Å². The van der Waals surface area contributed by atoms with Crippen LogP contribution in [0.4, 0.5) is 0 Å². The lowest BCUT2D eigenvalue weighted by Crippen LogP contribution is -2.62. The van der Waals surface area contributed by atoms with Crippen molar-refractivity contribution in [1.29, 1.82) is 0 Å². The van der Waals surface area contributed by atoms with E-state index < -0.39 is 0 Å². The fraction of sp³-hybridized carbons (Fsp3) is 1.00. The van der Waals surface area contributed by atoms with E-state index in [-0.39, 0.29) is 0 Å². The van der Waals surface area contributed by atoms with E-state index in [1.165, 1.54) is 45.2 Å². The van der Waals surface area contributed by atoms with Gasteiger partial charge in [-0.3, -0.25) is 4.90 Å². The molecule has 1 unspecified atom stereocenters. The Kier molecular flexibility index (Phi) is 5.07. The minimum Gasteiger partial charge on any atom is -0.315 e. The molecular formula is C13H28N2. The molecule has 0 saturated carbocycles. The number of rotatable bonds is 5. The van der Waals surface area contributed by atoms with Gasteiger partial charge in [0.05, 0.1) is 0 Å². The zero-order chi connectivity index (χ0) is 11.3. The van der Waals surface area contributed by atoms with E-state index in [0.29, 0.717) is 11.6 Å². The predicted molar refractivity (Wildman–Crippen MR) is 67.3 cm³/mol. The highest BCUT2D eigenvalue weighted by Crippen LogP contribution is 2.35. The number of nitrogens with one attached hydrogen (secondary N) is 1. The minimum absolute atomic E-state index is 0.427. The number of hydrogen-bond acceptors (Lipinski definition) is 2. The zero-order valence-electron chi connectivity index (χ0n) is 11.0. The molecule has 2 heteroatoms. The van der Waals surface area contributed by atoms with Crippen molar-refractivity contribution in [2.45, 2.75) is 64.5 Å². The van der Waals surface area contributed by atoms with Crippen molar-refractivity contribution in [3.63, 3.8) is 0 Å². The molecule has 1 aliphatic heterocycles. The summed E-state index contributed by atoms with van der Waals surface area (Å²) in [5, 5.41) is 3.54. The van der Waals surface area contributed by atoms with Crippen molar-refractivity contribution in [3.05, 3.63) is 0 Å². The van der Waals surface area contributed by atoms with Crippen molar-refractivity contribution in [3.8, 4) is 0 Å². The summed E-state index contributed by atoms with van der Waals surface area (Å²) < 4.78 is 0. The van der Waals surface area contributed by atoms with Crippen molar-refractivity contribution in [1.82, 2.24) is 10.2 Å². The van der Waals surface area contributed by atoms with Crippen LogP contribution < -0.4 is 5.32 Å². The van der Waals surface area contributed by atoms with Crippen LogP contribution in [0.25, 0.3) is 0 Å². The van der Waals surface area contributed by atoms with Gasteiger partial charge in [0, 0.05) is 11.6 Å². The quantitative estimate of drug-likeness (QED) is 0.753. The van der Waals surface area contributed by atoms with Crippen LogP contribution in [-0.4, -0.2) is 36.6 Å². The lowest BCUT2D eigenvalue weighted by atomic mass is 9.77. The van der Waals surface area contributed by atoms with Crippen LogP contribution in [0.15, 0.2) is 0 Å². The average molecular weight is 212 g/mol. The Morgan fingerprint density at radius 1 is 1.27 bits per heavy atom. The van der Waals surface area contributed by atoms with Gasteiger partial charge >= 0.3 is 0 Å². The summed E-state index contributed by atoms with van der Waals surface area (Å²) in [7, 11) is 2.12. The zero-order valence-corrected chi connectivity index (χ0v) is 11.0. The first kappa shape index (κ1) is 13.0. The van der Waals surface area contributed by atoms with E-state index >= 15 is 0 Å². The Labute approximate surface area is 95.4 Å². The maximum Gasteiger partial charge on any atom is 0.0359 e. The van der Waals surface area contributed by atoms with Crippen LogP contribution in [0.3, 0.4) is 0 Å². The Morgan fingerprint density at radius 3 is 2.47 bits per heavy atom. The highest BCUT2D eigenvalue weighted by atomic mass is 15.2. The first-order chi connectivity index (χ1) is 7.25. The summed E-state index contributed by atoms with van der Waals surface area (Å²) >= 11 is 0. The predicted octanol–water partition coefficient (Wildman–Crippen LogP) is 2.64. The molecule has 1 saturated heterocycles. The van der Waals surface area contributed by atoms with E-state index in [2.05, 4.69) is 38.0 Å². The Balaban J connectivity index is 2.86. The molecule has 0 aromatic rings. The molecule has 0 radical (unpaired) electrons. The average Bonchev–Trinajstić information content (AvgIpc) is 2.31. The molecule has 1 fully saturated rings. The van der Waals surface area contributed by atoms with Crippen LogP contribution in [0.1, 0.15) is 52.9 Å². The molecule has 1 aliphatic rings. The fourth-order valence-corrected chi connectivity index (χ4v) is 3.48. The van der Waals surface area contributed by atoms with Gasteiger partial charge in [0.1, 0.15) is 0 Å². The van der Waals surface area contributed by atoms with Gasteiger partial charge in [0.15, 0.2) is 0 Å². The van der Waals surface area contributed by atoms with Gasteiger partial charge in [0.2, 0.25) is 0 Å². The van der Waals surface area contributed by atoms with Gasteiger partial charge in [-0.05, 0) is 45.8 Å². The number of likely N-dealkylation sites (N-methyl/N-ethyl adjacent to an activating group) is 2. The lowest BCUT2D eigenvalue weighted by Gasteiger charge is -2.51. The second-order valence-electron chi connectivity index (χ2n) is 4.74. The standard InChI is InChI=1S/C13H28N2/c1-5-12(14-4)13(6-2)10-8-9-11-15(13)7-3/h12,14H,5-11H2,1-4H3/t12?,13-/m1/s1. The highest BCUT2D eigenvalue weighted by Gasteiger charge is 2.41. The molecule has 1 rings (SSSR count). The summed E-state index contributed by atoms with van der Waals surface area (Å²) in [4.78, 5) is 2.71. The lowest BCUT2D eigenvalue weighted by molar-refractivity contribution is 0.0149. The first-order valence-corrected chi connectivity index (χ1v) is 6.67. The third kappa shape index (κ3) is 2.36. The molecule has 0 bridgehead atoms. The van der Waals surface area contributed by atoms with E-state index in [9.17, 15) is 0 Å². The Hall–Kier alpha value is -0.0800. The molecule has 15 heavy (non-hydrogen) atoms. The first-order valence-electron chi connectivity index (χ1n) is 6.67. The van der Waals surface area contributed by atoms with Crippen molar-refractivity contribution >= 4 is 0 Å². The van der Waals surface area contributed by atoms with Crippen molar-refractivity contribution in [2.75, 3.05) is 20.1 Å². The summed E-state index contributed by atoms with van der Waals surface area (Å²) in [6.07, 6.45) is 6.68. The van der Waals surface area contributed by atoms with Crippen molar-refractivity contribution in [2.24, 2.45) is 0 Å². The second-order valence-corrected chi connectivity index (χ2v) is 4.74. The van der Waals surface area contributed by atoms with Gasteiger partial charge in [-0.15, -0.1) is 0 Å². The van der Waals surface area contributed by atoms with Crippen LogP contribution in [0.5, 0.6) is 0 Å². The van der Waals surface area contributed by atoms with E-state index in [1.54, 1.807) is 0 Å². The molecular weight excluding hydrogens is 184 g/mol. The number of nitrogens with zero attached hydrogens (tertiary/aromatic N) is 1. The summed E-state index contributed by atoms with van der Waals surface area (Å²) in [5.41, 5.74) is 0.427. The van der Waals surface area contributed by atoms with E-state index in [0.717, 1.165) is 0 Å². The minimum atomic E-state index is 0.427. The van der Waals surface area contributed by atoms with Gasteiger partial charge in [0.25, 0.3) is 0 Å². The number of likely N-dealkylation sites (tertiary alicyclic amines) is 1. The van der Waals surface area contributed by atoms with Crippen LogP contribution in [0, 0.1) is 0 Å². The maximum absolute atomic E-state index is 3.54. The molecule has 1 N–H and O–H groups in total. The van der Waals surface area contributed by atoms with Gasteiger partial charge in [-0.1, -0.05) is 27.2 Å². The third-order valence-electron chi connectivity index (χ3n) is 4.32. The number of piperidine rings is 1. The molecule has 0 spiro atoms. The summed E-state index contributed by atoms with van der Waals surface area (Å²) in [6.45, 7) is 9.46. The molecule has 90 valence electrons. The normalized spacial score (nSPS) is 30.4. The topological polar surface area (TPSA) is 15.3 Å². The van der Waals surface area contributed by atoms with Crippen LogP contribution in [0.2, 0.25) is 0 Å². The SMILES string of the molecule is CCC(NC)[C@@]1(CC)CCCCN1CC. The monoisotopic (exact) mass is 212 g/mol. The molecule has 0 aliphatic carbocycles. The second kappa shape index (κ2) is 5.86. The van der Waals surface area contributed by atoms with Crippen molar-refractivity contribution < 1.29 is 0 Å². The van der Waals surface area contributed by atoms with E-state index in [1.807, 2.05) is 0 Å². The largest absolute Gasteiger partial charge is 0.315 e. The van der Waals surface area contributed by atoms with Gasteiger partial charge in [-0.25, -0.2) is 0 Å². The molecule has 1 heterocycles.